The van der Waals surface area contributed by atoms with Gasteiger partial charge in [0.2, 0.25) is 0 Å². The molecule has 20 heavy (non-hydrogen) atoms. The number of ether oxygens (including phenoxy) is 1. The molecule has 0 unspecified atom stereocenters. The van der Waals surface area contributed by atoms with E-state index in [1.807, 2.05) is 43.3 Å². The van der Waals surface area contributed by atoms with E-state index in [9.17, 15) is 5.26 Å². The van der Waals surface area contributed by atoms with Crippen LogP contribution in [0.5, 0.6) is 5.75 Å². The van der Waals surface area contributed by atoms with Gasteiger partial charge in [0.1, 0.15) is 11.8 Å². The van der Waals surface area contributed by atoms with Gasteiger partial charge in [-0.05, 0) is 43.2 Å². The summed E-state index contributed by atoms with van der Waals surface area (Å²) in [6.45, 7) is 3.61. The number of rotatable bonds is 1. The van der Waals surface area contributed by atoms with Gasteiger partial charge in [-0.3, -0.25) is 0 Å². The predicted octanol–water partition coefficient (Wildman–Crippen LogP) is 3.79. The van der Waals surface area contributed by atoms with E-state index in [1.165, 1.54) is 0 Å². The smallest absolute Gasteiger partial charge is 0.142 e. The van der Waals surface area contributed by atoms with Crippen molar-refractivity contribution in [2.24, 2.45) is 0 Å². The summed E-state index contributed by atoms with van der Waals surface area (Å²) in [7, 11) is 0. The predicted molar refractivity (Wildman–Crippen MR) is 79.5 cm³/mol. The van der Waals surface area contributed by atoms with Gasteiger partial charge in [0.15, 0.2) is 0 Å². The van der Waals surface area contributed by atoms with Gasteiger partial charge in [0.25, 0.3) is 0 Å². The zero-order valence-corrected chi connectivity index (χ0v) is 11.5. The van der Waals surface area contributed by atoms with Gasteiger partial charge in [-0.1, -0.05) is 18.2 Å². The molecule has 0 spiro atoms. The van der Waals surface area contributed by atoms with Crippen LogP contribution in [0.15, 0.2) is 42.5 Å². The van der Waals surface area contributed by atoms with E-state index < -0.39 is 0 Å². The Morgan fingerprint density at radius 3 is 2.85 bits per heavy atom. The maximum absolute atomic E-state index is 9.35. The normalized spacial score (nSPS) is 13.9. The fourth-order valence-electron chi connectivity index (χ4n) is 2.54. The van der Waals surface area contributed by atoms with Crippen molar-refractivity contribution < 1.29 is 4.74 Å². The number of nitrogens with zero attached hydrogens (tertiary/aromatic N) is 2. The Bertz CT molecular complexity index is 673. The van der Waals surface area contributed by atoms with Crippen LogP contribution in [0.1, 0.15) is 17.5 Å². The third kappa shape index (κ3) is 2.21. The molecule has 0 N–H and O–H groups in total. The number of para-hydroxylation sites is 2. The van der Waals surface area contributed by atoms with Gasteiger partial charge >= 0.3 is 0 Å². The number of aryl methyl sites for hydroxylation is 1. The van der Waals surface area contributed by atoms with Gasteiger partial charge in [-0.15, -0.1) is 0 Å². The number of nitriles is 1. The average Bonchev–Trinajstić information content (AvgIpc) is 2.69. The van der Waals surface area contributed by atoms with Gasteiger partial charge in [0, 0.05) is 6.54 Å². The molecule has 0 saturated carbocycles. The van der Waals surface area contributed by atoms with Crippen LogP contribution < -0.4 is 9.64 Å². The summed E-state index contributed by atoms with van der Waals surface area (Å²) < 4.78 is 5.78. The highest BCUT2D eigenvalue weighted by molar-refractivity contribution is 5.74. The molecule has 0 amide bonds. The number of anilines is 2. The molecule has 3 heteroatoms. The van der Waals surface area contributed by atoms with Gasteiger partial charge in [-0.2, -0.15) is 5.26 Å². The summed E-state index contributed by atoms with van der Waals surface area (Å²) in [4.78, 5) is 2.19. The van der Waals surface area contributed by atoms with Crippen molar-refractivity contribution in [3.8, 4) is 11.8 Å². The number of hydrogen-bond acceptors (Lipinski definition) is 3. The summed E-state index contributed by atoms with van der Waals surface area (Å²) in [5.41, 5.74) is 3.85. The van der Waals surface area contributed by atoms with Crippen molar-refractivity contribution in [2.75, 3.05) is 18.1 Å². The Labute approximate surface area is 119 Å². The molecule has 0 atom stereocenters. The summed E-state index contributed by atoms with van der Waals surface area (Å²) in [6, 6.07) is 16.2. The lowest BCUT2D eigenvalue weighted by Crippen LogP contribution is -2.18. The van der Waals surface area contributed by atoms with Crippen LogP contribution in [-0.4, -0.2) is 13.2 Å². The molecular weight excluding hydrogens is 248 g/mol. The summed E-state index contributed by atoms with van der Waals surface area (Å²) in [5, 5.41) is 9.35. The Balaban J connectivity index is 2.15. The first-order valence-corrected chi connectivity index (χ1v) is 6.80. The minimum absolute atomic E-state index is 0.701. The average molecular weight is 264 g/mol. The molecule has 0 radical (unpaired) electrons. The second-order valence-electron chi connectivity index (χ2n) is 4.95. The van der Waals surface area contributed by atoms with Crippen LogP contribution >= 0.6 is 0 Å². The van der Waals surface area contributed by atoms with Crippen LogP contribution in [-0.2, 0) is 0 Å². The van der Waals surface area contributed by atoms with E-state index in [4.69, 9.17) is 4.74 Å². The molecular formula is C17H16N2O. The highest BCUT2D eigenvalue weighted by Gasteiger charge is 2.19. The van der Waals surface area contributed by atoms with E-state index in [0.29, 0.717) is 12.2 Å². The van der Waals surface area contributed by atoms with E-state index in [1.54, 1.807) is 0 Å². The highest BCUT2D eigenvalue weighted by Crippen LogP contribution is 2.37. The van der Waals surface area contributed by atoms with Crippen molar-refractivity contribution in [1.82, 2.24) is 0 Å². The molecule has 3 rings (SSSR count). The molecule has 100 valence electrons. The van der Waals surface area contributed by atoms with Gasteiger partial charge < -0.3 is 9.64 Å². The summed E-state index contributed by atoms with van der Waals surface area (Å²) >= 11 is 0. The Kier molecular flexibility index (Phi) is 3.30. The maximum atomic E-state index is 9.35. The molecule has 1 heterocycles. The molecule has 1 aliphatic heterocycles. The molecule has 0 bridgehead atoms. The third-order valence-electron chi connectivity index (χ3n) is 3.50. The van der Waals surface area contributed by atoms with Gasteiger partial charge in [-0.25, -0.2) is 0 Å². The SMILES string of the molecule is Cc1ccc(C#N)c(N2CCCOc3ccccc32)c1. The molecule has 3 nitrogen and oxygen atoms in total. The van der Waals surface area contributed by atoms with E-state index >= 15 is 0 Å². The van der Waals surface area contributed by atoms with Crippen molar-refractivity contribution >= 4 is 11.4 Å². The second kappa shape index (κ2) is 5.26. The minimum Gasteiger partial charge on any atom is -0.491 e. The second-order valence-corrected chi connectivity index (χ2v) is 4.95. The Hall–Kier alpha value is -2.47. The van der Waals surface area contributed by atoms with Crippen molar-refractivity contribution in [3.05, 3.63) is 53.6 Å². The number of benzene rings is 2. The van der Waals surface area contributed by atoms with Crippen LogP contribution in [0.4, 0.5) is 11.4 Å². The third-order valence-corrected chi connectivity index (χ3v) is 3.50. The lowest BCUT2D eigenvalue weighted by molar-refractivity contribution is 0.322. The van der Waals surface area contributed by atoms with E-state index in [2.05, 4.69) is 17.0 Å². The first kappa shape index (κ1) is 12.6. The molecule has 0 aliphatic carbocycles. The summed E-state index contributed by atoms with van der Waals surface area (Å²) in [6.07, 6.45) is 0.938. The van der Waals surface area contributed by atoms with Crippen molar-refractivity contribution in [1.29, 1.82) is 5.26 Å². The fourth-order valence-corrected chi connectivity index (χ4v) is 2.54. The van der Waals surface area contributed by atoms with Crippen LogP contribution in [0.3, 0.4) is 0 Å². The first-order valence-electron chi connectivity index (χ1n) is 6.80. The lowest BCUT2D eigenvalue weighted by Gasteiger charge is -2.25. The summed E-state index contributed by atoms with van der Waals surface area (Å²) in [5.74, 6) is 0.885. The van der Waals surface area contributed by atoms with Crippen molar-refractivity contribution in [3.63, 3.8) is 0 Å². The topological polar surface area (TPSA) is 36.3 Å². The van der Waals surface area contributed by atoms with E-state index in [0.717, 1.165) is 35.7 Å². The lowest BCUT2D eigenvalue weighted by atomic mass is 10.1. The minimum atomic E-state index is 0.701. The van der Waals surface area contributed by atoms with Crippen LogP contribution in [0.2, 0.25) is 0 Å². The number of hydrogen-bond donors (Lipinski definition) is 0. The Morgan fingerprint density at radius 2 is 2.00 bits per heavy atom. The largest absolute Gasteiger partial charge is 0.491 e. The highest BCUT2D eigenvalue weighted by atomic mass is 16.5. The number of fused-ring (bicyclic) bond motifs is 1. The maximum Gasteiger partial charge on any atom is 0.142 e. The van der Waals surface area contributed by atoms with Crippen LogP contribution in [0.25, 0.3) is 0 Å². The van der Waals surface area contributed by atoms with Crippen molar-refractivity contribution in [2.45, 2.75) is 13.3 Å². The fraction of sp³-hybridized carbons (Fsp3) is 0.235. The first-order chi connectivity index (χ1) is 9.79. The van der Waals surface area contributed by atoms with Crippen LogP contribution in [0, 0.1) is 18.3 Å². The zero-order valence-electron chi connectivity index (χ0n) is 11.5. The Morgan fingerprint density at radius 1 is 1.15 bits per heavy atom. The molecule has 0 fully saturated rings. The van der Waals surface area contributed by atoms with Gasteiger partial charge in [0.05, 0.1) is 23.5 Å². The quantitative estimate of drug-likeness (QED) is 0.786. The molecule has 2 aromatic carbocycles. The van der Waals surface area contributed by atoms with E-state index in [-0.39, 0.29) is 0 Å². The monoisotopic (exact) mass is 264 g/mol. The molecule has 0 aromatic heterocycles. The molecule has 0 saturated heterocycles. The molecule has 1 aliphatic rings. The standard InChI is InChI=1S/C17H16N2O/c1-13-7-8-14(12-18)16(11-13)19-9-4-10-20-17-6-3-2-5-15(17)19/h2-3,5-8,11H,4,9-10H2,1H3. The zero-order chi connectivity index (χ0) is 13.9. The molecule has 2 aromatic rings.